The third-order valence-corrected chi connectivity index (χ3v) is 5.53. The van der Waals surface area contributed by atoms with E-state index in [0.29, 0.717) is 24.6 Å². The molecular weight excluding hydrogens is 404 g/mol. The Hall–Kier alpha value is -3.68. The van der Waals surface area contributed by atoms with Crippen molar-refractivity contribution < 1.29 is 4.79 Å². The molecule has 0 bridgehead atoms. The molecule has 1 amide bonds. The predicted molar refractivity (Wildman–Crippen MR) is 126 cm³/mol. The maximum absolute atomic E-state index is 13.0. The second-order valence-corrected chi connectivity index (χ2v) is 7.79. The Bertz CT molecular complexity index is 1130. The number of aromatic nitrogens is 3. The summed E-state index contributed by atoms with van der Waals surface area (Å²) in [6.45, 7) is 6.53. The van der Waals surface area contributed by atoms with Gasteiger partial charge in [-0.3, -0.25) is 14.2 Å². The monoisotopic (exact) mass is 434 g/mol. The highest BCUT2D eigenvalue weighted by atomic mass is 16.2. The van der Waals surface area contributed by atoms with Crippen molar-refractivity contribution in [2.24, 2.45) is 0 Å². The Balaban J connectivity index is 1.66. The zero-order chi connectivity index (χ0) is 23.1. The van der Waals surface area contributed by atoms with Crippen molar-refractivity contribution in [2.75, 3.05) is 17.6 Å². The molecule has 1 aromatic carbocycles. The van der Waals surface area contributed by atoms with Gasteiger partial charge in [-0.1, -0.05) is 43.3 Å². The first-order valence-electron chi connectivity index (χ1n) is 10.7. The van der Waals surface area contributed by atoms with E-state index in [1.807, 2.05) is 31.2 Å². The van der Waals surface area contributed by atoms with Gasteiger partial charge in [0.25, 0.3) is 5.56 Å². The summed E-state index contributed by atoms with van der Waals surface area (Å²) in [4.78, 5) is 33.9. The minimum Gasteiger partial charge on any atom is -0.384 e. The van der Waals surface area contributed by atoms with Crippen LogP contribution in [0, 0.1) is 13.8 Å². The van der Waals surface area contributed by atoms with Crippen molar-refractivity contribution in [1.82, 2.24) is 19.9 Å². The minimum absolute atomic E-state index is 0.0841. The number of benzene rings is 1. The summed E-state index contributed by atoms with van der Waals surface area (Å²) < 4.78 is 1.43. The number of nitrogen functional groups attached to an aromatic ring is 1. The number of pyridine rings is 1. The normalized spacial score (nSPS) is 11.7. The molecule has 4 N–H and O–H groups in total. The van der Waals surface area contributed by atoms with Gasteiger partial charge in [-0.05, 0) is 37.5 Å². The molecule has 0 aliphatic rings. The fourth-order valence-electron chi connectivity index (χ4n) is 3.52. The summed E-state index contributed by atoms with van der Waals surface area (Å²) in [5, 5.41) is 6.02. The maximum atomic E-state index is 13.0. The van der Waals surface area contributed by atoms with Gasteiger partial charge in [0.05, 0.1) is 0 Å². The van der Waals surface area contributed by atoms with Gasteiger partial charge in [-0.15, -0.1) is 0 Å². The van der Waals surface area contributed by atoms with Crippen LogP contribution in [0.4, 0.5) is 11.6 Å². The Morgan fingerprint density at radius 3 is 2.59 bits per heavy atom. The summed E-state index contributed by atoms with van der Waals surface area (Å²) in [6.07, 6.45) is 2.54. The van der Waals surface area contributed by atoms with Gasteiger partial charge in [-0.25, -0.2) is 9.97 Å². The lowest BCUT2D eigenvalue weighted by Crippen LogP contribution is -2.35. The van der Waals surface area contributed by atoms with Crippen LogP contribution >= 0.6 is 0 Å². The highest BCUT2D eigenvalue weighted by Gasteiger charge is 2.14. The van der Waals surface area contributed by atoms with Crippen LogP contribution in [-0.4, -0.2) is 27.0 Å². The first kappa shape index (κ1) is 23.0. The molecular formula is C24H30N6O2. The Kier molecular flexibility index (Phi) is 7.59. The number of hydrogen-bond acceptors (Lipinski definition) is 6. The van der Waals surface area contributed by atoms with Gasteiger partial charge in [-0.2, -0.15) is 0 Å². The number of rotatable bonds is 9. The first-order valence-corrected chi connectivity index (χ1v) is 10.7. The molecule has 8 heteroatoms. The number of nitrogens with two attached hydrogens (primary N) is 1. The molecule has 32 heavy (non-hydrogen) atoms. The molecule has 0 aliphatic heterocycles. The number of anilines is 2. The number of carbonyl (C=O) groups excluding carboxylic acids is 1. The molecule has 168 valence electrons. The number of hydrogen-bond donors (Lipinski definition) is 3. The van der Waals surface area contributed by atoms with E-state index >= 15 is 0 Å². The molecule has 3 rings (SSSR count). The van der Waals surface area contributed by atoms with Crippen LogP contribution in [0.15, 0.2) is 53.5 Å². The Morgan fingerprint density at radius 1 is 1.16 bits per heavy atom. The van der Waals surface area contributed by atoms with Gasteiger partial charge < -0.3 is 16.4 Å². The third kappa shape index (κ3) is 5.72. The van der Waals surface area contributed by atoms with Crippen molar-refractivity contribution in [3.05, 3.63) is 81.5 Å². The van der Waals surface area contributed by atoms with Crippen molar-refractivity contribution in [3.63, 3.8) is 0 Å². The SMILES string of the molecule is CCC(CNc1ncc(C)n(CC(=O)NCc2ccc(N)nc2C)c1=O)c1ccccc1. The molecule has 1 unspecified atom stereocenters. The zero-order valence-electron chi connectivity index (χ0n) is 18.8. The van der Waals surface area contributed by atoms with E-state index < -0.39 is 0 Å². The summed E-state index contributed by atoms with van der Waals surface area (Å²) in [5.74, 6) is 0.678. The largest absolute Gasteiger partial charge is 0.384 e. The summed E-state index contributed by atoms with van der Waals surface area (Å²) >= 11 is 0. The van der Waals surface area contributed by atoms with Crippen LogP contribution < -0.4 is 21.9 Å². The minimum atomic E-state index is -0.312. The van der Waals surface area contributed by atoms with Crippen molar-refractivity contribution in [2.45, 2.75) is 46.2 Å². The zero-order valence-corrected chi connectivity index (χ0v) is 18.8. The number of nitrogens with one attached hydrogen (secondary N) is 2. The van der Waals surface area contributed by atoms with E-state index in [-0.39, 0.29) is 29.7 Å². The number of aryl methyl sites for hydroxylation is 2. The maximum Gasteiger partial charge on any atom is 0.293 e. The fraction of sp³-hybridized carbons (Fsp3) is 0.333. The summed E-state index contributed by atoms with van der Waals surface area (Å²) in [7, 11) is 0. The van der Waals surface area contributed by atoms with E-state index in [1.54, 1.807) is 19.2 Å². The summed E-state index contributed by atoms with van der Waals surface area (Å²) in [5.41, 5.74) is 8.83. The van der Waals surface area contributed by atoms with Crippen LogP contribution in [0.5, 0.6) is 0 Å². The van der Waals surface area contributed by atoms with E-state index in [2.05, 4.69) is 39.7 Å². The summed E-state index contributed by atoms with van der Waals surface area (Å²) in [6, 6.07) is 13.7. The lowest BCUT2D eigenvalue weighted by Gasteiger charge is -2.17. The van der Waals surface area contributed by atoms with E-state index in [4.69, 9.17) is 5.73 Å². The molecule has 0 saturated carbocycles. The van der Waals surface area contributed by atoms with E-state index in [1.165, 1.54) is 10.1 Å². The molecule has 3 aromatic rings. The highest BCUT2D eigenvalue weighted by molar-refractivity contribution is 5.75. The number of amides is 1. The molecule has 2 heterocycles. The van der Waals surface area contributed by atoms with Crippen LogP contribution in [-0.2, 0) is 17.9 Å². The van der Waals surface area contributed by atoms with Crippen molar-refractivity contribution >= 4 is 17.5 Å². The van der Waals surface area contributed by atoms with Gasteiger partial charge >= 0.3 is 0 Å². The lowest BCUT2D eigenvalue weighted by molar-refractivity contribution is -0.121. The van der Waals surface area contributed by atoms with Gasteiger partial charge in [0.2, 0.25) is 5.91 Å². The first-order chi connectivity index (χ1) is 15.4. The molecule has 0 aliphatic carbocycles. The lowest BCUT2D eigenvalue weighted by atomic mass is 9.96. The van der Waals surface area contributed by atoms with Gasteiger partial charge in [0.15, 0.2) is 5.82 Å². The topological polar surface area (TPSA) is 115 Å². The standard InChI is InChI=1S/C24H30N6O2/c1-4-18(19-8-6-5-7-9-19)13-28-23-24(32)30(16(2)12-27-23)15-22(31)26-14-20-10-11-21(25)29-17(20)3/h5-12,18H,4,13-15H2,1-3H3,(H2,25,29)(H,26,31)(H,27,28). The number of carbonyl (C=O) groups is 1. The highest BCUT2D eigenvalue weighted by Crippen LogP contribution is 2.19. The van der Waals surface area contributed by atoms with Crippen molar-refractivity contribution in [3.8, 4) is 0 Å². The molecule has 2 aromatic heterocycles. The Labute approximate surface area is 187 Å². The molecule has 1 atom stereocenters. The van der Waals surface area contributed by atoms with Gasteiger partial charge in [0.1, 0.15) is 12.4 Å². The second-order valence-electron chi connectivity index (χ2n) is 7.79. The van der Waals surface area contributed by atoms with Crippen molar-refractivity contribution in [1.29, 1.82) is 0 Å². The van der Waals surface area contributed by atoms with E-state index in [0.717, 1.165) is 17.7 Å². The second kappa shape index (κ2) is 10.6. The number of nitrogens with zero attached hydrogens (tertiary/aromatic N) is 3. The van der Waals surface area contributed by atoms with Gasteiger partial charge in [0, 0.05) is 36.6 Å². The molecule has 0 radical (unpaired) electrons. The van der Waals surface area contributed by atoms with Crippen LogP contribution in [0.3, 0.4) is 0 Å². The molecule has 0 fully saturated rings. The molecule has 0 spiro atoms. The fourth-order valence-corrected chi connectivity index (χ4v) is 3.52. The Morgan fingerprint density at radius 2 is 1.91 bits per heavy atom. The molecule has 8 nitrogen and oxygen atoms in total. The van der Waals surface area contributed by atoms with E-state index in [9.17, 15) is 9.59 Å². The smallest absolute Gasteiger partial charge is 0.293 e. The predicted octanol–water partition coefficient (Wildman–Crippen LogP) is 2.76. The average Bonchev–Trinajstić information content (AvgIpc) is 2.78. The quantitative estimate of drug-likeness (QED) is 0.477. The van der Waals surface area contributed by atoms with Crippen LogP contribution in [0.2, 0.25) is 0 Å². The third-order valence-electron chi connectivity index (χ3n) is 5.53. The average molecular weight is 435 g/mol. The van der Waals surface area contributed by atoms with Crippen LogP contribution in [0.25, 0.3) is 0 Å². The van der Waals surface area contributed by atoms with Crippen LogP contribution in [0.1, 0.15) is 41.8 Å². The molecule has 0 saturated heterocycles.